The van der Waals surface area contributed by atoms with Crippen LogP contribution in [0.4, 0.5) is 0 Å². The highest BCUT2D eigenvalue weighted by Crippen LogP contribution is 2.39. The van der Waals surface area contributed by atoms with Crippen molar-refractivity contribution in [3.05, 3.63) is 51.0 Å². The van der Waals surface area contributed by atoms with Gasteiger partial charge in [0.15, 0.2) is 11.5 Å². The lowest BCUT2D eigenvalue weighted by Gasteiger charge is -2.15. The molecule has 2 aromatic rings. The molecule has 0 heterocycles. The maximum atomic E-state index is 12.5. The molecule has 0 aromatic heterocycles. The van der Waals surface area contributed by atoms with Gasteiger partial charge in [-0.2, -0.15) is 0 Å². The van der Waals surface area contributed by atoms with Crippen LogP contribution in [-0.2, 0) is 6.54 Å². The van der Waals surface area contributed by atoms with Crippen LogP contribution < -0.4 is 19.5 Å². The van der Waals surface area contributed by atoms with Crippen molar-refractivity contribution in [3.8, 4) is 17.2 Å². The number of nitrogens with one attached hydrogen (secondary N) is 1. The molecule has 7 heteroatoms. The Hall–Kier alpha value is -1.92. The van der Waals surface area contributed by atoms with E-state index in [1.165, 1.54) is 21.3 Å². The number of carbonyl (C=O) groups is 1. The van der Waals surface area contributed by atoms with Gasteiger partial charge in [-0.05, 0) is 29.8 Å². The van der Waals surface area contributed by atoms with Gasteiger partial charge in [0.05, 0.1) is 26.9 Å². The number of halogens is 2. The minimum absolute atomic E-state index is 0.294. The van der Waals surface area contributed by atoms with E-state index in [4.69, 9.17) is 25.8 Å². The third-order valence-corrected chi connectivity index (χ3v) is 4.25. The SMILES string of the molecule is COc1ccc(C(=O)NCc2ccc(Br)cc2Cl)c(OC)c1OC. The molecule has 0 bridgehead atoms. The summed E-state index contributed by atoms with van der Waals surface area (Å²) >= 11 is 9.51. The zero-order valence-electron chi connectivity index (χ0n) is 13.5. The Labute approximate surface area is 154 Å². The lowest BCUT2D eigenvalue weighted by atomic mass is 10.1. The van der Waals surface area contributed by atoms with E-state index in [2.05, 4.69) is 21.2 Å². The van der Waals surface area contributed by atoms with Gasteiger partial charge in [0.1, 0.15) is 0 Å². The Morgan fingerprint density at radius 1 is 1.08 bits per heavy atom. The van der Waals surface area contributed by atoms with Crippen LogP contribution in [0.2, 0.25) is 5.02 Å². The molecule has 1 amide bonds. The number of benzene rings is 2. The zero-order valence-corrected chi connectivity index (χ0v) is 15.8. The highest BCUT2D eigenvalue weighted by Gasteiger charge is 2.20. The molecule has 0 fully saturated rings. The van der Waals surface area contributed by atoms with Crippen LogP contribution in [0.25, 0.3) is 0 Å². The van der Waals surface area contributed by atoms with E-state index in [1.807, 2.05) is 12.1 Å². The predicted molar refractivity (Wildman–Crippen MR) is 96.4 cm³/mol. The molecule has 0 aliphatic heterocycles. The number of methoxy groups -OCH3 is 3. The molecule has 0 spiro atoms. The molecule has 2 aromatic carbocycles. The molecule has 0 unspecified atom stereocenters. The number of hydrogen-bond acceptors (Lipinski definition) is 4. The van der Waals surface area contributed by atoms with E-state index >= 15 is 0 Å². The predicted octanol–water partition coefficient (Wildman–Crippen LogP) is 4.06. The lowest BCUT2D eigenvalue weighted by Crippen LogP contribution is -2.23. The number of hydrogen-bond donors (Lipinski definition) is 1. The summed E-state index contributed by atoms with van der Waals surface area (Å²) < 4.78 is 16.7. The fourth-order valence-electron chi connectivity index (χ4n) is 2.22. The monoisotopic (exact) mass is 413 g/mol. The van der Waals surface area contributed by atoms with Gasteiger partial charge in [-0.25, -0.2) is 0 Å². The molecule has 1 N–H and O–H groups in total. The van der Waals surface area contributed by atoms with Crippen molar-refractivity contribution in [2.75, 3.05) is 21.3 Å². The van der Waals surface area contributed by atoms with E-state index in [1.54, 1.807) is 18.2 Å². The van der Waals surface area contributed by atoms with Crippen LogP contribution in [0.5, 0.6) is 17.2 Å². The van der Waals surface area contributed by atoms with Gasteiger partial charge in [-0.15, -0.1) is 0 Å². The highest BCUT2D eigenvalue weighted by molar-refractivity contribution is 9.10. The standard InChI is InChI=1S/C17H17BrClNO4/c1-22-14-7-6-12(15(23-2)16(14)24-3)17(21)20-9-10-4-5-11(18)8-13(10)19/h4-8H,9H2,1-3H3,(H,20,21). The number of carbonyl (C=O) groups excluding carboxylic acids is 1. The van der Waals surface area contributed by atoms with Gasteiger partial charge in [-0.3, -0.25) is 4.79 Å². The summed E-state index contributed by atoms with van der Waals surface area (Å²) in [5, 5.41) is 3.40. The first-order valence-corrected chi connectivity index (χ1v) is 8.20. The summed E-state index contributed by atoms with van der Waals surface area (Å²) in [7, 11) is 4.48. The normalized spacial score (nSPS) is 10.2. The van der Waals surface area contributed by atoms with E-state index in [9.17, 15) is 4.79 Å². The largest absolute Gasteiger partial charge is 0.493 e. The van der Waals surface area contributed by atoms with Crippen LogP contribution >= 0.6 is 27.5 Å². The van der Waals surface area contributed by atoms with Crippen LogP contribution in [0.1, 0.15) is 15.9 Å². The molecule has 128 valence electrons. The van der Waals surface area contributed by atoms with Crippen LogP contribution in [0.3, 0.4) is 0 Å². The van der Waals surface area contributed by atoms with E-state index < -0.39 is 0 Å². The molecule has 0 atom stereocenters. The van der Waals surface area contributed by atoms with Gasteiger partial charge < -0.3 is 19.5 Å². The van der Waals surface area contributed by atoms with Crippen molar-refractivity contribution in [2.45, 2.75) is 6.54 Å². The topological polar surface area (TPSA) is 56.8 Å². The van der Waals surface area contributed by atoms with E-state index in [0.29, 0.717) is 34.4 Å². The molecule has 0 aliphatic carbocycles. The average molecular weight is 415 g/mol. The fraction of sp³-hybridized carbons (Fsp3) is 0.235. The second-order valence-electron chi connectivity index (χ2n) is 4.80. The minimum Gasteiger partial charge on any atom is -0.493 e. The summed E-state index contributed by atoms with van der Waals surface area (Å²) in [5.41, 5.74) is 1.16. The second kappa shape index (κ2) is 8.26. The van der Waals surface area contributed by atoms with Crippen molar-refractivity contribution in [2.24, 2.45) is 0 Å². The van der Waals surface area contributed by atoms with Crippen molar-refractivity contribution in [1.82, 2.24) is 5.32 Å². The molecule has 0 radical (unpaired) electrons. The first-order valence-electron chi connectivity index (χ1n) is 7.03. The number of rotatable bonds is 6. The summed E-state index contributed by atoms with van der Waals surface area (Å²) in [6, 6.07) is 8.77. The molecule has 24 heavy (non-hydrogen) atoms. The first-order chi connectivity index (χ1) is 11.5. The molecule has 0 aliphatic rings. The average Bonchev–Trinajstić information content (AvgIpc) is 2.59. The Kier molecular flexibility index (Phi) is 6.34. The fourth-order valence-corrected chi connectivity index (χ4v) is 2.96. The van der Waals surface area contributed by atoms with Crippen molar-refractivity contribution >= 4 is 33.4 Å². The van der Waals surface area contributed by atoms with Crippen molar-refractivity contribution in [3.63, 3.8) is 0 Å². The third-order valence-electron chi connectivity index (χ3n) is 3.40. The smallest absolute Gasteiger partial charge is 0.255 e. The quantitative estimate of drug-likeness (QED) is 0.774. The molecule has 2 rings (SSSR count). The Bertz CT molecular complexity index is 752. The van der Waals surface area contributed by atoms with Gasteiger partial charge in [0.25, 0.3) is 5.91 Å². The van der Waals surface area contributed by atoms with Crippen LogP contribution in [0, 0.1) is 0 Å². The molecule has 0 saturated heterocycles. The summed E-state index contributed by atoms with van der Waals surface area (Å²) in [5.74, 6) is 0.874. The highest BCUT2D eigenvalue weighted by atomic mass is 79.9. The molecule has 0 saturated carbocycles. The Balaban J connectivity index is 2.23. The zero-order chi connectivity index (χ0) is 17.7. The van der Waals surface area contributed by atoms with Gasteiger partial charge in [-0.1, -0.05) is 33.6 Å². The van der Waals surface area contributed by atoms with Gasteiger partial charge >= 0.3 is 0 Å². The summed E-state index contributed by atoms with van der Waals surface area (Å²) in [4.78, 5) is 12.5. The maximum Gasteiger partial charge on any atom is 0.255 e. The Morgan fingerprint density at radius 2 is 1.79 bits per heavy atom. The third kappa shape index (κ3) is 3.94. The van der Waals surface area contributed by atoms with E-state index in [-0.39, 0.29) is 5.91 Å². The van der Waals surface area contributed by atoms with Crippen molar-refractivity contribution in [1.29, 1.82) is 0 Å². The number of amides is 1. The minimum atomic E-state index is -0.299. The van der Waals surface area contributed by atoms with E-state index in [0.717, 1.165) is 10.0 Å². The van der Waals surface area contributed by atoms with Crippen molar-refractivity contribution < 1.29 is 19.0 Å². The summed E-state index contributed by atoms with van der Waals surface area (Å²) in [6.45, 7) is 0.294. The Morgan fingerprint density at radius 3 is 2.38 bits per heavy atom. The van der Waals surface area contributed by atoms with Crippen LogP contribution in [0.15, 0.2) is 34.8 Å². The maximum absolute atomic E-state index is 12.5. The van der Waals surface area contributed by atoms with Crippen LogP contribution in [-0.4, -0.2) is 27.2 Å². The lowest BCUT2D eigenvalue weighted by molar-refractivity contribution is 0.0947. The second-order valence-corrected chi connectivity index (χ2v) is 6.12. The number of ether oxygens (including phenoxy) is 3. The summed E-state index contributed by atoms with van der Waals surface area (Å²) in [6.07, 6.45) is 0. The molecule has 5 nitrogen and oxygen atoms in total. The van der Waals surface area contributed by atoms with Gasteiger partial charge in [0, 0.05) is 16.0 Å². The first kappa shape index (κ1) is 18.4. The molecular formula is C17H17BrClNO4. The molecular weight excluding hydrogens is 398 g/mol. The van der Waals surface area contributed by atoms with Gasteiger partial charge in [0.2, 0.25) is 5.75 Å².